The summed E-state index contributed by atoms with van der Waals surface area (Å²) in [5.74, 6) is 0.535. The maximum absolute atomic E-state index is 13.1. The van der Waals surface area contributed by atoms with Gasteiger partial charge in [-0.15, -0.1) is 5.10 Å². The maximum Gasteiger partial charge on any atom is 0.221 e. The minimum absolute atomic E-state index is 0.0941. The Labute approximate surface area is 155 Å². The summed E-state index contributed by atoms with van der Waals surface area (Å²) in [6.45, 7) is 2.18. The van der Waals surface area contributed by atoms with Crippen molar-refractivity contribution in [3.8, 4) is 0 Å². The van der Waals surface area contributed by atoms with E-state index in [-0.39, 0.29) is 12.3 Å². The highest BCUT2D eigenvalue weighted by atomic mass is 32.2. The van der Waals surface area contributed by atoms with Gasteiger partial charge in [-0.25, -0.2) is 22.5 Å². The molecule has 0 fully saturated rings. The third-order valence-electron chi connectivity index (χ3n) is 3.25. The summed E-state index contributed by atoms with van der Waals surface area (Å²) in [6, 6.07) is 4.58. The highest BCUT2D eigenvalue weighted by Gasteiger charge is 2.19. The molecule has 11 heteroatoms. The number of H-pyrrole nitrogens is 1. The number of benzene rings is 1. The number of carbonyl (C=O) groups excluding carboxylic acids is 1. The van der Waals surface area contributed by atoms with E-state index in [4.69, 9.17) is 0 Å². The quantitative estimate of drug-likeness (QED) is 0.429. The van der Waals surface area contributed by atoms with Crippen LogP contribution in [-0.2, 0) is 14.8 Å². The summed E-state index contributed by atoms with van der Waals surface area (Å²) in [5, 5.41) is 10.0. The van der Waals surface area contributed by atoms with Crippen molar-refractivity contribution in [3.05, 3.63) is 41.5 Å². The number of hydrogen-bond acceptors (Lipinski definition) is 6. The lowest BCUT2D eigenvalue weighted by Crippen LogP contribution is -2.34. The molecule has 0 radical (unpaired) electrons. The molecule has 0 saturated carbocycles. The van der Waals surface area contributed by atoms with E-state index in [1.807, 2.05) is 0 Å². The molecule has 0 bridgehead atoms. The van der Waals surface area contributed by atoms with Gasteiger partial charge in [-0.2, -0.15) is 0 Å². The molecule has 2 rings (SSSR count). The number of hydrogen-bond donors (Lipinski definition) is 3. The minimum Gasteiger partial charge on any atom is -0.355 e. The first-order valence-corrected chi connectivity index (χ1v) is 10.6. The van der Waals surface area contributed by atoms with Crippen molar-refractivity contribution < 1.29 is 17.6 Å². The molecule has 142 valence electrons. The van der Waals surface area contributed by atoms with Crippen LogP contribution < -0.4 is 10.0 Å². The first-order valence-electron chi connectivity index (χ1n) is 7.74. The fourth-order valence-electron chi connectivity index (χ4n) is 2.16. The monoisotopic (exact) mass is 401 g/mol. The lowest BCUT2D eigenvalue weighted by Gasteiger charge is -2.17. The van der Waals surface area contributed by atoms with E-state index in [1.54, 1.807) is 6.92 Å². The lowest BCUT2D eigenvalue weighted by molar-refractivity contribution is -0.121. The number of thioether (sulfide) groups is 1. The van der Waals surface area contributed by atoms with Crippen LogP contribution in [0.3, 0.4) is 0 Å². The SMILES string of the molecule is Cc1nc(SCCNC(=O)CC(NS(C)(=O)=O)c2ccc(F)cc2)n[nH]1. The van der Waals surface area contributed by atoms with Crippen molar-refractivity contribution in [1.82, 2.24) is 25.2 Å². The number of aromatic amines is 1. The molecule has 1 heterocycles. The van der Waals surface area contributed by atoms with E-state index in [0.717, 1.165) is 6.26 Å². The molecule has 2 aromatic rings. The minimum atomic E-state index is -3.53. The molecule has 1 unspecified atom stereocenters. The van der Waals surface area contributed by atoms with Gasteiger partial charge in [0.25, 0.3) is 0 Å². The molecule has 0 aliphatic heterocycles. The molecule has 1 aromatic heterocycles. The molecule has 0 saturated heterocycles. The molecule has 26 heavy (non-hydrogen) atoms. The topological polar surface area (TPSA) is 117 Å². The van der Waals surface area contributed by atoms with E-state index < -0.39 is 21.9 Å². The van der Waals surface area contributed by atoms with Crippen LogP contribution in [0.2, 0.25) is 0 Å². The average Bonchev–Trinajstić information content (AvgIpc) is 2.96. The first kappa shape index (κ1) is 20.3. The fourth-order valence-corrected chi connectivity index (χ4v) is 3.59. The third-order valence-corrected chi connectivity index (χ3v) is 4.81. The Hall–Kier alpha value is -1.98. The van der Waals surface area contributed by atoms with Gasteiger partial charge >= 0.3 is 0 Å². The summed E-state index contributed by atoms with van der Waals surface area (Å²) in [4.78, 5) is 16.3. The van der Waals surface area contributed by atoms with Crippen LogP contribution in [0.5, 0.6) is 0 Å². The summed E-state index contributed by atoms with van der Waals surface area (Å²) < 4.78 is 38.6. The normalized spacial score (nSPS) is 12.7. The number of halogens is 1. The van der Waals surface area contributed by atoms with Crippen molar-refractivity contribution in [2.75, 3.05) is 18.6 Å². The zero-order valence-electron chi connectivity index (χ0n) is 14.3. The largest absolute Gasteiger partial charge is 0.355 e. The number of amides is 1. The second-order valence-electron chi connectivity index (χ2n) is 5.60. The molecular formula is C15H20FN5O3S2. The number of carbonyl (C=O) groups is 1. The van der Waals surface area contributed by atoms with Crippen molar-refractivity contribution >= 4 is 27.7 Å². The van der Waals surface area contributed by atoms with Gasteiger partial charge in [-0.05, 0) is 24.6 Å². The smallest absolute Gasteiger partial charge is 0.221 e. The Balaban J connectivity index is 1.87. The van der Waals surface area contributed by atoms with Crippen LogP contribution in [-0.4, -0.2) is 48.1 Å². The second kappa shape index (κ2) is 9.10. The van der Waals surface area contributed by atoms with Gasteiger partial charge in [0, 0.05) is 18.7 Å². The fraction of sp³-hybridized carbons (Fsp3) is 0.400. The Kier molecular flexibility index (Phi) is 7.12. The summed E-state index contributed by atoms with van der Waals surface area (Å²) in [5.41, 5.74) is 0.512. The van der Waals surface area contributed by atoms with Crippen molar-refractivity contribution in [3.63, 3.8) is 0 Å². The van der Waals surface area contributed by atoms with Crippen LogP contribution in [0.15, 0.2) is 29.4 Å². The Morgan fingerprint density at radius 2 is 2.04 bits per heavy atom. The molecule has 0 aliphatic rings. The second-order valence-corrected chi connectivity index (χ2v) is 8.44. The molecular weight excluding hydrogens is 381 g/mol. The van der Waals surface area contributed by atoms with Gasteiger partial charge < -0.3 is 5.32 Å². The van der Waals surface area contributed by atoms with Crippen LogP contribution in [0.25, 0.3) is 0 Å². The molecule has 1 amide bonds. The van der Waals surface area contributed by atoms with Crippen LogP contribution >= 0.6 is 11.8 Å². The highest BCUT2D eigenvalue weighted by Crippen LogP contribution is 2.18. The summed E-state index contributed by atoms with van der Waals surface area (Å²) in [6.07, 6.45) is 0.917. The van der Waals surface area contributed by atoms with Gasteiger partial charge in [0.1, 0.15) is 11.6 Å². The van der Waals surface area contributed by atoms with E-state index in [1.165, 1.54) is 36.0 Å². The molecule has 1 aromatic carbocycles. The zero-order chi connectivity index (χ0) is 19.2. The van der Waals surface area contributed by atoms with E-state index in [0.29, 0.717) is 28.8 Å². The standard InChI is InChI=1S/C15H20FN5O3S2/c1-10-18-15(20-19-10)25-8-7-17-14(22)9-13(21-26(2,23)24)11-3-5-12(16)6-4-11/h3-6,13,21H,7-9H2,1-2H3,(H,17,22)(H,18,19,20). The van der Waals surface area contributed by atoms with Gasteiger partial charge in [-0.1, -0.05) is 23.9 Å². The van der Waals surface area contributed by atoms with Gasteiger partial charge in [-0.3, -0.25) is 9.89 Å². The zero-order valence-corrected chi connectivity index (χ0v) is 16.0. The summed E-state index contributed by atoms with van der Waals surface area (Å²) in [7, 11) is -3.53. The Morgan fingerprint density at radius 3 is 2.62 bits per heavy atom. The van der Waals surface area contributed by atoms with Crippen molar-refractivity contribution in [2.24, 2.45) is 0 Å². The van der Waals surface area contributed by atoms with Gasteiger partial charge in [0.2, 0.25) is 21.1 Å². The highest BCUT2D eigenvalue weighted by molar-refractivity contribution is 7.99. The van der Waals surface area contributed by atoms with Gasteiger partial charge in [0.05, 0.1) is 12.3 Å². The van der Waals surface area contributed by atoms with E-state index in [2.05, 4.69) is 25.2 Å². The lowest BCUT2D eigenvalue weighted by atomic mass is 10.0. The molecule has 0 aliphatic carbocycles. The van der Waals surface area contributed by atoms with E-state index >= 15 is 0 Å². The maximum atomic E-state index is 13.1. The van der Waals surface area contributed by atoms with Crippen molar-refractivity contribution in [2.45, 2.75) is 24.5 Å². The number of aryl methyl sites for hydroxylation is 1. The summed E-state index contributed by atoms with van der Waals surface area (Å²) >= 11 is 1.39. The Bertz CT molecular complexity index is 839. The predicted molar refractivity (Wildman–Crippen MR) is 96.6 cm³/mol. The predicted octanol–water partition coefficient (Wildman–Crippen LogP) is 1.14. The first-order chi connectivity index (χ1) is 12.2. The average molecular weight is 401 g/mol. The molecule has 1 atom stereocenters. The number of aromatic nitrogens is 3. The van der Waals surface area contributed by atoms with Gasteiger partial charge in [0.15, 0.2) is 0 Å². The number of nitrogens with one attached hydrogen (secondary N) is 3. The molecule has 0 spiro atoms. The third kappa shape index (κ3) is 7.10. The van der Waals surface area contributed by atoms with Crippen LogP contribution in [0.1, 0.15) is 23.9 Å². The van der Waals surface area contributed by atoms with E-state index in [9.17, 15) is 17.6 Å². The number of sulfonamides is 1. The molecule has 3 N–H and O–H groups in total. The van der Waals surface area contributed by atoms with Crippen LogP contribution in [0.4, 0.5) is 4.39 Å². The van der Waals surface area contributed by atoms with Crippen LogP contribution in [0, 0.1) is 12.7 Å². The molecule has 8 nitrogen and oxygen atoms in total. The Morgan fingerprint density at radius 1 is 1.35 bits per heavy atom. The number of nitrogens with zero attached hydrogens (tertiary/aromatic N) is 2. The number of rotatable bonds is 9. The van der Waals surface area contributed by atoms with Crippen molar-refractivity contribution in [1.29, 1.82) is 0 Å².